The van der Waals surface area contributed by atoms with Crippen LogP contribution in [-0.4, -0.2) is 26.5 Å². The van der Waals surface area contributed by atoms with Crippen LogP contribution in [0, 0.1) is 13.8 Å². The van der Waals surface area contributed by atoms with E-state index in [1.165, 1.54) is 22.3 Å². The zero-order valence-corrected chi connectivity index (χ0v) is 24.7. The number of aryl methyl sites for hydroxylation is 2. The van der Waals surface area contributed by atoms with E-state index in [1.807, 2.05) is 18.2 Å². The van der Waals surface area contributed by atoms with Crippen molar-refractivity contribution in [2.45, 2.75) is 47.0 Å². The second-order valence-corrected chi connectivity index (χ2v) is 10.7. The number of hydrogen-bond donors (Lipinski definition) is 3. The largest absolute Gasteiger partial charge is 0.391 e. The summed E-state index contributed by atoms with van der Waals surface area (Å²) >= 11 is 0. The predicted octanol–water partition coefficient (Wildman–Crippen LogP) is 9.17. The normalized spacial score (nSPS) is 13.0. The van der Waals surface area contributed by atoms with Gasteiger partial charge < -0.3 is 15.3 Å². The fourth-order valence-electron chi connectivity index (χ4n) is 5.85. The Morgan fingerprint density at radius 3 is 1.71 bits per heavy atom. The molecule has 0 saturated heterocycles. The van der Waals surface area contributed by atoms with Gasteiger partial charge in [-0.1, -0.05) is 38.0 Å². The maximum atomic E-state index is 5.18. The minimum Gasteiger partial charge on any atom is -0.391 e. The summed E-state index contributed by atoms with van der Waals surface area (Å²) in [7, 11) is 0. The number of H-pyrrole nitrogens is 2. The summed E-state index contributed by atoms with van der Waals surface area (Å²) in [6, 6.07) is 8.63. The van der Waals surface area contributed by atoms with E-state index in [0.29, 0.717) is 0 Å². The van der Waals surface area contributed by atoms with E-state index in [2.05, 4.69) is 93.6 Å². The maximum absolute atomic E-state index is 5.18. The van der Waals surface area contributed by atoms with Gasteiger partial charge in [-0.3, -0.25) is 0 Å². The van der Waals surface area contributed by atoms with Gasteiger partial charge in [0, 0.05) is 39.7 Å². The fourth-order valence-corrected chi connectivity index (χ4v) is 5.85. The first-order chi connectivity index (χ1) is 19.8. The predicted molar refractivity (Wildman–Crippen MR) is 178 cm³/mol. The van der Waals surface area contributed by atoms with E-state index in [1.54, 1.807) is 6.20 Å². The molecule has 0 aromatic carbocycles. The highest BCUT2D eigenvalue weighted by molar-refractivity contribution is 5.96. The van der Waals surface area contributed by atoms with Crippen LogP contribution in [0.15, 0.2) is 62.9 Å². The Bertz CT molecular complexity index is 1820. The van der Waals surface area contributed by atoms with Gasteiger partial charge in [0.2, 0.25) is 0 Å². The molecule has 5 heteroatoms. The molecule has 0 aliphatic carbocycles. The molecule has 3 aromatic heterocycles. The van der Waals surface area contributed by atoms with Gasteiger partial charge in [0.15, 0.2) is 0 Å². The zero-order valence-electron chi connectivity index (χ0n) is 24.7. The molecule has 0 amide bonds. The minimum absolute atomic E-state index is 0.782. The Labute approximate surface area is 242 Å². The number of allylic oxidation sites excluding steroid dienone is 4. The lowest BCUT2D eigenvalue weighted by atomic mass is 9.99. The average Bonchev–Trinajstić information content (AvgIpc) is 3.61. The van der Waals surface area contributed by atoms with Gasteiger partial charge in [0.05, 0.1) is 22.8 Å². The summed E-state index contributed by atoms with van der Waals surface area (Å²) in [5, 5.41) is 3.25. The molecule has 0 unspecified atom stereocenters. The van der Waals surface area contributed by atoms with Crippen LogP contribution < -0.4 is 5.32 Å². The number of hydrogen-bond acceptors (Lipinski definition) is 3. The van der Waals surface area contributed by atoms with E-state index in [4.69, 9.17) is 9.97 Å². The van der Waals surface area contributed by atoms with Gasteiger partial charge in [-0.05, 0) is 111 Å². The molecule has 5 heterocycles. The van der Waals surface area contributed by atoms with Crippen molar-refractivity contribution in [2.24, 2.45) is 0 Å². The second kappa shape index (κ2) is 11.5. The third-order valence-electron chi connectivity index (χ3n) is 8.30. The number of aromatic nitrogens is 4. The van der Waals surface area contributed by atoms with Gasteiger partial charge in [-0.2, -0.15) is 0 Å². The van der Waals surface area contributed by atoms with Crippen LogP contribution in [0.5, 0.6) is 0 Å². The van der Waals surface area contributed by atoms with Crippen molar-refractivity contribution >= 4 is 56.5 Å². The van der Waals surface area contributed by atoms with Crippen LogP contribution in [0.25, 0.3) is 56.5 Å². The summed E-state index contributed by atoms with van der Waals surface area (Å²) in [4.78, 5) is 17.6. The Morgan fingerprint density at radius 2 is 1.17 bits per heavy atom. The molecule has 0 radical (unpaired) electrons. The molecule has 0 spiro atoms. The maximum Gasteiger partial charge on any atom is 0.0694 e. The molecule has 2 aliphatic rings. The average molecular weight is 542 g/mol. The number of rotatable bonds is 9. The van der Waals surface area contributed by atoms with Gasteiger partial charge >= 0.3 is 0 Å². The van der Waals surface area contributed by atoms with Crippen molar-refractivity contribution in [1.82, 2.24) is 25.3 Å². The summed E-state index contributed by atoms with van der Waals surface area (Å²) < 4.78 is 0. The molecule has 0 saturated carbocycles. The summed E-state index contributed by atoms with van der Waals surface area (Å²) in [6.07, 6.45) is 10.1. The van der Waals surface area contributed by atoms with E-state index < -0.39 is 0 Å². The lowest BCUT2D eigenvalue weighted by Gasteiger charge is -2.06. The third kappa shape index (κ3) is 5.04. The highest BCUT2D eigenvalue weighted by Gasteiger charge is 2.21. The van der Waals surface area contributed by atoms with Crippen LogP contribution in [0.2, 0.25) is 0 Å². The van der Waals surface area contributed by atoms with Crippen LogP contribution in [0.3, 0.4) is 0 Å². The standard InChI is InChI=1S/C36H39N5/c1-9-13-14-27-23(7)30-17-29-21(5)25(10-2)33(38-29)18-31-22(6)26(11-3)34(39-31)19-32-24(8)28(15-16-37-12-4)36(41-32)20-35(27)40-30/h9-12,17-20,37-39H,1-4,13-16H2,5-8H3. The molecule has 41 heavy (non-hydrogen) atoms. The topological polar surface area (TPSA) is 69.4 Å². The van der Waals surface area contributed by atoms with Crippen LogP contribution >= 0.6 is 0 Å². The molecule has 5 nitrogen and oxygen atoms in total. The van der Waals surface area contributed by atoms with Crippen molar-refractivity contribution < 1.29 is 0 Å². The van der Waals surface area contributed by atoms with Gasteiger partial charge in [-0.15, -0.1) is 6.58 Å². The van der Waals surface area contributed by atoms with Crippen LogP contribution in [0.4, 0.5) is 0 Å². The van der Waals surface area contributed by atoms with Crippen molar-refractivity contribution in [3.8, 4) is 0 Å². The highest BCUT2D eigenvalue weighted by atomic mass is 14.8. The molecular formula is C36H39N5. The Hall–Kier alpha value is -4.64. The highest BCUT2D eigenvalue weighted by Crippen LogP contribution is 2.37. The molecule has 0 fully saturated rings. The molecule has 5 rings (SSSR count). The number of nitrogens with one attached hydrogen (secondary N) is 3. The summed E-state index contributed by atoms with van der Waals surface area (Å²) in [5.41, 5.74) is 17.1. The molecule has 3 N–H and O–H groups in total. The van der Waals surface area contributed by atoms with Crippen molar-refractivity contribution in [3.63, 3.8) is 0 Å². The molecule has 0 atom stereocenters. The number of aromatic amines is 2. The first kappa shape index (κ1) is 27.9. The first-order valence-electron chi connectivity index (χ1n) is 14.2. The monoisotopic (exact) mass is 541 g/mol. The molecule has 2 aliphatic heterocycles. The number of fused-ring (bicyclic) bond motifs is 8. The molecular weight excluding hydrogens is 502 g/mol. The van der Waals surface area contributed by atoms with Crippen molar-refractivity contribution in [3.05, 3.63) is 108 Å². The SMILES string of the molecule is C=CCCC1=C(C)c2cc3[nH]c(cc4[nH]c(cc5nc(cc1n2)C(CCNC=C)=C5C)c(C=C)c4C)c(C=C)c3C. The molecule has 8 bridgehead atoms. The van der Waals surface area contributed by atoms with Crippen molar-refractivity contribution in [2.75, 3.05) is 6.54 Å². The van der Waals surface area contributed by atoms with E-state index in [0.717, 1.165) is 92.9 Å². The van der Waals surface area contributed by atoms with Gasteiger partial charge in [0.25, 0.3) is 0 Å². The Balaban J connectivity index is 1.93. The Kier molecular flexibility index (Phi) is 7.80. The van der Waals surface area contributed by atoms with Gasteiger partial charge in [-0.25, -0.2) is 9.97 Å². The van der Waals surface area contributed by atoms with Gasteiger partial charge in [0.1, 0.15) is 0 Å². The van der Waals surface area contributed by atoms with E-state index >= 15 is 0 Å². The van der Waals surface area contributed by atoms with Crippen LogP contribution in [0.1, 0.15) is 78.1 Å². The Morgan fingerprint density at radius 1 is 0.659 bits per heavy atom. The molecule has 3 aromatic rings. The fraction of sp³-hybridized carbons (Fsp3) is 0.222. The number of nitrogens with zero attached hydrogens (tertiary/aromatic N) is 2. The quantitative estimate of drug-likeness (QED) is 0.187. The summed E-state index contributed by atoms with van der Waals surface area (Å²) in [6.45, 7) is 25.4. The minimum atomic E-state index is 0.782. The third-order valence-corrected chi connectivity index (χ3v) is 8.30. The molecule has 208 valence electrons. The second-order valence-electron chi connectivity index (χ2n) is 10.7. The lowest BCUT2D eigenvalue weighted by molar-refractivity contribution is 0.863. The van der Waals surface area contributed by atoms with Crippen molar-refractivity contribution in [1.29, 1.82) is 0 Å². The van der Waals surface area contributed by atoms with E-state index in [9.17, 15) is 0 Å². The lowest BCUT2D eigenvalue weighted by Crippen LogP contribution is -2.06. The zero-order chi connectivity index (χ0) is 29.3. The van der Waals surface area contributed by atoms with E-state index in [-0.39, 0.29) is 0 Å². The van der Waals surface area contributed by atoms with Crippen LogP contribution in [-0.2, 0) is 0 Å². The smallest absolute Gasteiger partial charge is 0.0694 e. The summed E-state index contributed by atoms with van der Waals surface area (Å²) in [5.74, 6) is 0. The first-order valence-corrected chi connectivity index (χ1v) is 14.2.